The van der Waals surface area contributed by atoms with E-state index in [2.05, 4.69) is 36.4 Å². The summed E-state index contributed by atoms with van der Waals surface area (Å²) in [5, 5.41) is 0.795. The number of benzene rings is 2. The van der Waals surface area contributed by atoms with Crippen molar-refractivity contribution in [3.63, 3.8) is 0 Å². The monoisotopic (exact) mass is 257 g/mol. The number of hydrogen-bond donors (Lipinski definition) is 1. The molecule has 0 aliphatic heterocycles. The molecule has 2 unspecified atom stereocenters. The molecular weight excluding hydrogens is 242 g/mol. The molecule has 92 valence electrons. The van der Waals surface area contributed by atoms with E-state index < -0.39 is 0 Å². The minimum absolute atomic E-state index is 0.179. The molecule has 2 atom stereocenters. The van der Waals surface area contributed by atoms with Crippen LogP contribution in [0.5, 0.6) is 0 Å². The van der Waals surface area contributed by atoms with Gasteiger partial charge in [-0.15, -0.1) is 0 Å². The summed E-state index contributed by atoms with van der Waals surface area (Å²) in [6, 6.07) is 16.9. The van der Waals surface area contributed by atoms with Crippen LogP contribution in [0.2, 0.25) is 5.02 Å². The second-order valence-corrected chi connectivity index (χ2v) is 5.37. The number of aryl methyl sites for hydroxylation is 1. The van der Waals surface area contributed by atoms with Crippen molar-refractivity contribution >= 4 is 11.6 Å². The molecule has 0 amide bonds. The van der Waals surface area contributed by atoms with Gasteiger partial charge in [-0.25, -0.2) is 0 Å². The van der Waals surface area contributed by atoms with Gasteiger partial charge in [0.1, 0.15) is 0 Å². The second-order valence-electron chi connectivity index (χ2n) is 4.93. The Hall–Kier alpha value is -1.31. The van der Waals surface area contributed by atoms with Crippen LogP contribution in [0, 0.1) is 0 Å². The lowest BCUT2D eigenvalue weighted by atomic mass is 9.76. The molecule has 0 aromatic heterocycles. The van der Waals surface area contributed by atoms with Crippen LogP contribution >= 0.6 is 11.6 Å². The SMILES string of the molecule is NC1CCc2ccc(Cl)cc2C1c1ccccc1. The average molecular weight is 258 g/mol. The van der Waals surface area contributed by atoms with E-state index in [4.69, 9.17) is 17.3 Å². The molecule has 0 radical (unpaired) electrons. The van der Waals surface area contributed by atoms with Crippen LogP contribution in [-0.2, 0) is 6.42 Å². The smallest absolute Gasteiger partial charge is 0.0409 e. The van der Waals surface area contributed by atoms with Gasteiger partial charge < -0.3 is 5.73 Å². The minimum Gasteiger partial charge on any atom is -0.327 e. The first-order valence-electron chi connectivity index (χ1n) is 6.34. The van der Waals surface area contributed by atoms with Crippen molar-refractivity contribution < 1.29 is 0 Å². The topological polar surface area (TPSA) is 26.0 Å². The van der Waals surface area contributed by atoms with E-state index in [-0.39, 0.29) is 12.0 Å². The van der Waals surface area contributed by atoms with Gasteiger partial charge in [0.2, 0.25) is 0 Å². The molecule has 1 nitrogen and oxygen atoms in total. The molecule has 2 aromatic carbocycles. The molecule has 1 aliphatic rings. The van der Waals surface area contributed by atoms with Crippen molar-refractivity contribution in [2.24, 2.45) is 5.73 Å². The molecule has 1 aliphatic carbocycles. The summed E-state index contributed by atoms with van der Waals surface area (Å²) < 4.78 is 0. The first kappa shape index (κ1) is 11.8. The Labute approximate surface area is 113 Å². The fourth-order valence-corrected chi connectivity index (χ4v) is 3.07. The van der Waals surface area contributed by atoms with E-state index in [0.29, 0.717) is 0 Å². The van der Waals surface area contributed by atoms with Crippen LogP contribution < -0.4 is 5.73 Å². The number of rotatable bonds is 1. The first-order chi connectivity index (χ1) is 8.75. The van der Waals surface area contributed by atoms with E-state index in [1.807, 2.05) is 12.1 Å². The fraction of sp³-hybridized carbons (Fsp3) is 0.250. The Morgan fingerprint density at radius 3 is 2.61 bits per heavy atom. The van der Waals surface area contributed by atoms with Gasteiger partial charge in [-0.3, -0.25) is 0 Å². The van der Waals surface area contributed by atoms with Gasteiger partial charge in [0, 0.05) is 17.0 Å². The predicted octanol–water partition coefficient (Wildman–Crippen LogP) is 3.75. The third kappa shape index (κ3) is 2.05. The summed E-state index contributed by atoms with van der Waals surface area (Å²) in [6.07, 6.45) is 2.09. The molecule has 3 rings (SSSR count). The highest BCUT2D eigenvalue weighted by Gasteiger charge is 2.28. The van der Waals surface area contributed by atoms with E-state index in [1.165, 1.54) is 16.7 Å². The summed E-state index contributed by atoms with van der Waals surface area (Å²) in [6.45, 7) is 0. The third-order valence-electron chi connectivity index (χ3n) is 3.78. The summed E-state index contributed by atoms with van der Waals surface area (Å²) in [5.74, 6) is 0.272. The predicted molar refractivity (Wildman–Crippen MR) is 76.0 cm³/mol. The lowest BCUT2D eigenvalue weighted by Crippen LogP contribution is -2.33. The highest BCUT2D eigenvalue weighted by Crippen LogP contribution is 2.37. The van der Waals surface area contributed by atoms with E-state index in [0.717, 1.165) is 17.9 Å². The Morgan fingerprint density at radius 2 is 1.83 bits per heavy atom. The third-order valence-corrected chi connectivity index (χ3v) is 4.01. The summed E-state index contributed by atoms with van der Waals surface area (Å²) >= 11 is 6.14. The van der Waals surface area contributed by atoms with Crippen molar-refractivity contribution in [2.45, 2.75) is 24.8 Å². The molecule has 0 saturated heterocycles. The van der Waals surface area contributed by atoms with Crippen molar-refractivity contribution in [3.05, 3.63) is 70.2 Å². The van der Waals surface area contributed by atoms with E-state index >= 15 is 0 Å². The largest absolute Gasteiger partial charge is 0.327 e. The zero-order valence-corrected chi connectivity index (χ0v) is 10.9. The quantitative estimate of drug-likeness (QED) is 0.827. The molecule has 0 spiro atoms. The minimum atomic E-state index is 0.179. The number of halogens is 1. The molecule has 2 heteroatoms. The lowest BCUT2D eigenvalue weighted by Gasteiger charge is -2.31. The van der Waals surface area contributed by atoms with Crippen LogP contribution in [-0.4, -0.2) is 6.04 Å². The molecule has 2 aromatic rings. The Morgan fingerprint density at radius 1 is 1.06 bits per heavy atom. The van der Waals surface area contributed by atoms with Gasteiger partial charge in [-0.05, 0) is 41.7 Å². The Kier molecular flexibility index (Phi) is 3.11. The van der Waals surface area contributed by atoms with Gasteiger partial charge >= 0.3 is 0 Å². The molecule has 0 saturated carbocycles. The first-order valence-corrected chi connectivity index (χ1v) is 6.72. The Bertz CT molecular complexity index is 550. The standard InChI is InChI=1S/C16H16ClN/c17-13-8-6-11-7-9-15(18)16(14(11)10-13)12-4-2-1-3-5-12/h1-6,8,10,15-16H,7,9,18H2. The Balaban J connectivity index is 2.12. The fourth-order valence-electron chi connectivity index (χ4n) is 2.89. The van der Waals surface area contributed by atoms with Crippen molar-refractivity contribution in [2.75, 3.05) is 0 Å². The molecular formula is C16H16ClN. The van der Waals surface area contributed by atoms with Crippen LogP contribution in [0.4, 0.5) is 0 Å². The van der Waals surface area contributed by atoms with Crippen LogP contribution in [0.15, 0.2) is 48.5 Å². The number of hydrogen-bond acceptors (Lipinski definition) is 1. The number of fused-ring (bicyclic) bond motifs is 1. The van der Waals surface area contributed by atoms with E-state index in [1.54, 1.807) is 0 Å². The molecule has 0 bridgehead atoms. The highest BCUT2D eigenvalue weighted by molar-refractivity contribution is 6.30. The van der Waals surface area contributed by atoms with Gasteiger partial charge in [0.05, 0.1) is 0 Å². The van der Waals surface area contributed by atoms with Gasteiger partial charge in [-0.2, -0.15) is 0 Å². The molecule has 0 heterocycles. The van der Waals surface area contributed by atoms with Crippen LogP contribution in [0.1, 0.15) is 29.0 Å². The van der Waals surface area contributed by atoms with E-state index in [9.17, 15) is 0 Å². The number of nitrogens with two attached hydrogens (primary N) is 1. The van der Waals surface area contributed by atoms with Crippen molar-refractivity contribution in [3.8, 4) is 0 Å². The average Bonchev–Trinajstić information content (AvgIpc) is 2.39. The normalized spacial score (nSPS) is 22.6. The van der Waals surface area contributed by atoms with Crippen LogP contribution in [0.25, 0.3) is 0 Å². The van der Waals surface area contributed by atoms with Crippen molar-refractivity contribution in [1.82, 2.24) is 0 Å². The van der Waals surface area contributed by atoms with Crippen molar-refractivity contribution in [1.29, 1.82) is 0 Å². The maximum absolute atomic E-state index is 6.33. The maximum Gasteiger partial charge on any atom is 0.0409 e. The summed E-state index contributed by atoms with van der Waals surface area (Å²) in [5.41, 5.74) is 10.3. The van der Waals surface area contributed by atoms with Gasteiger partial charge in [0.25, 0.3) is 0 Å². The van der Waals surface area contributed by atoms with Gasteiger partial charge in [0.15, 0.2) is 0 Å². The zero-order chi connectivity index (χ0) is 12.5. The lowest BCUT2D eigenvalue weighted by molar-refractivity contribution is 0.518. The molecule has 0 fully saturated rings. The van der Waals surface area contributed by atoms with Crippen LogP contribution in [0.3, 0.4) is 0 Å². The maximum atomic E-state index is 6.33. The highest BCUT2D eigenvalue weighted by atomic mass is 35.5. The summed E-state index contributed by atoms with van der Waals surface area (Å²) in [4.78, 5) is 0. The second kappa shape index (κ2) is 4.75. The van der Waals surface area contributed by atoms with Gasteiger partial charge in [-0.1, -0.05) is 48.0 Å². The molecule has 18 heavy (non-hydrogen) atoms. The zero-order valence-electron chi connectivity index (χ0n) is 10.1. The summed E-state index contributed by atoms with van der Waals surface area (Å²) in [7, 11) is 0. The molecule has 2 N–H and O–H groups in total.